The van der Waals surface area contributed by atoms with Gasteiger partial charge in [0.25, 0.3) is 0 Å². The van der Waals surface area contributed by atoms with Crippen LogP contribution in [0.5, 0.6) is 0 Å². The number of fused-ring (bicyclic) bond motifs is 2. The van der Waals surface area contributed by atoms with Crippen molar-refractivity contribution in [1.82, 2.24) is 9.97 Å². The SMILES string of the molecule is Cc1ccc(C(F)(F)F)c(NC(=O)Nc2cccc3c2CCN3Cc2c[nH]c3ncccc23)c1. The van der Waals surface area contributed by atoms with Crippen molar-refractivity contribution < 1.29 is 18.0 Å². The second-order valence-corrected chi connectivity index (χ2v) is 8.31. The van der Waals surface area contributed by atoms with Crippen LogP contribution in [0.3, 0.4) is 0 Å². The number of rotatable bonds is 4. The number of H-pyrrole nitrogens is 1. The van der Waals surface area contributed by atoms with Gasteiger partial charge < -0.3 is 20.5 Å². The minimum absolute atomic E-state index is 0.271. The zero-order valence-electron chi connectivity index (χ0n) is 18.3. The second-order valence-electron chi connectivity index (χ2n) is 8.31. The molecule has 2 aromatic heterocycles. The van der Waals surface area contributed by atoms with Gasteiger partial charge in [-0.25, -0.2) is 9.78 Å². The van der Waals surface area contributed by atoms with Crippen LogP contribution in [0.4, 0.5) is 35.0 Å². The van der Waals surface area contributed by atoms with E-state index in [2.05, 4.69) is 25.5 Å². The molecule has 0 radical (unpaired) electrons. The van der Waals surface area contributed by atoms with Gasteiger partial charge >= 0.3 is 12.2 Å². The number of aryl methyl sites for hydroxylation is 1. The molecule has 0 spiro atoms. The zero-order chi connectivity index (χ0) is 23.9. The molecule has 1 aliphatic heterocycles. The number of alkyl halides is 3. The number of hydrogen-bond donors (Lipinski definition) is 3. The minimum atomic E-state index is -4.57. The summed E-state index contributed by atoms with van der Waals surface area (Å²) >= 11 is 0. The molecule has 174 valence electrons. The molecule has 34 heavy (non-hydrogen) atoms. The van der Waals surface area contributed by atoms with E-state index in [1.54, 1.807) is 19.2 Å². The lowest BCUT2D eigenvalue weighted by atomic mass is 10.1. The van der Waals surface area contributed by atoms with Crippen molar-refractivity contribution in [2.45, 2.75) is 26.1 Å². The van der Waals surface area contributed by atoms with Crippen molar-refractivity contribution in [2.24, 2.45) is 0 Å². The molecule has 0 atom stereocenters. The van der Waals surface area contributed by atoms with Gasteiger partial charge in [-0.2, -0.15) is 13.2 Å². The molecular weight excluding hydrogens is 443 g/mol. The fourth-order valence-corrected chi connectivity index (χ4v) is 4.42. The van der Waals surface area contributed by atoms with Crippen LogP contribution in [0.25, 0.3) is 11.0 Å². The molecule has 0 fully saturated rings. The van der Waals surface area contributed by atoms with Crippen LogP contribution in [0, 0.1) is 6.92 Å². The first-order valence-corrected chi connectivity index (χ1v) is 10.8. The van der Waals surface area contributed by atoms with Gasteiger partial charge in [-0.1, -0.05) is 12.1 Å². The smallest absolute Gasteiger partial charge is 0.367 e. The summed E-state index contributed by atoms with van der Waals surface area (Å²) in [7, 11) is 0. The van der Waals surface area contributed by atoms with Crippen molar-refractivity contribution >= 4 is 34.1 Å². The quantitative estimate of drug-likeness (QED) is 0.341. The molecule has 0 saturated heterocycles. The van der Waals surface area contributed by atoms with E-state index < -0.39 is 17.8 Å². The van der Waals surface area contributed by atoms with Crippen LogP contribution < -0.4 is 15.5 Å². The molecule has 2 aromatic carbocycles. The highest BCUT2D eigenvalue weighted by molar-refractivity contribution is 6.01. The maximum absolute atomic E-state index is 13.3. The first kappa shape index (κ1) is 21.8. The lowest BCUT2D eigenvalue weighted by Crippen LogP contribution is -2.22. The average Bonchev–Trinajstić information content (AvgIpc) is 3.38. The van der Waals surface area contributed by atoms with Gasteiger partial charge in [0.15, 0.2) is 0 Å². The number of pyridine rings is 1. The van der Waals surface area contributed by atoms with E-state index in [9.17, 15) is 18.0 Å². The first-order valence-electron chi connectivity index (χ1n) is 10.8. The second kappa shape index (κ2) is 8.40. The summed E-state index contributed by atoms with van der Waals surface area (Å²) < 4.78 is 40.0. The molecule has 5 rings (SSSR count). The number of benzene rings is 2. The van der Waals surface area contributed by atoms with E-state index >= 15 is 0 Å². The lowest BCUT2D eigenvalue weighted by Gasteiger charge is -2.20. The Kier molecular flexibility index (Phi) is 5.39. The fraction of sp³-hybridized carbons (Fsp3) is 0.200. The summed E-state index contributed by atoms with van der Waals surface area (Å²) in [4.78, 5) is 22.4. The molecule has 0 saturated carbocycles. The number of halogens is 3. The maximum atomic E-state index is 13.3. The Labute approximate surface area is 193 Å². The summed E-state index contributed by atoms with van der Waals surface area (Å²) in [5.74, 6) is 0. The average molecular weight is 465 g/mol. The van der Waals surface area contributed by atoms with Crippen molar-refractivity contribution in [3.8, 4) is 0 Å². The van der Waals surface area contributed by atoms with E-state index in [1.807, 2.05) is 30.5 Å². The Balaban J connectivity index is 1.35. The number of nitrogens with zero attached hydrogens (tertiary/aromatic N) is 2. The number of anilines is 3. The van der Waals surface area contributed by atoms with Crippen molar-refractivity contribution in [3.05, 3.63) is 83.2 Å². The molecule has 3 N–H and O–H groups in total. The third-order valence-corrected chi connectivity index (χ3v) is 6.00. The van der Waals surface area contributed by atoms with Crippen molar-refractivity contribution in [3.63, 3.8) is 0 Å². The molecular formula is C25H22F3N5O. The van der Waals surface area contributed by atoms with Crippen LogP contribution in [0.2, 0.25) is 0 Å². The molecule has 9 heteroatoms. The molecule has 3 heterocycles. The lowest BCUT2D eigenvalue weighted by molar-refractivity contribution is -0.136. The fourth-order valence-electron chi connectivity index (χ4n) is 4.42. The highest BCUT2D eigenvalue weighted by Crippen LogP contribution is 2.37. The van der Waals surface area contributed by atoms with Gasteiger partial charge in [-0.15, -0.1) is 0 Å². The first-order chi connectivity index (χ1) is 16.3. The van der Waals surface area contributed by atoms with Gasteiger partial charge in [-0.3, -0.25) is 0 Å². The van der Waals surface area contributed by atoms with Gasteiger partial charge in [0.05, 0.1) is 11.3 Å². The van der Waals surface area contributed by atoms with E-state index in [0.717, 1.165) is 40.5 Å². The van der Waals surface area contributed by atoms with E-state index in [0.29, 0.717) is 24.2 Å². The minimum Gasteiger partial charge on any atom is -0.367 e. The number of amides is 2. The number of hydrogen-bond acceptors (Lipinski definition) is 3. The van der Waals surface area contributed by atoms with Crippen molar-refractivity contribution in [1.29, 1.82) is 0 Å². The number of nitrogens with one attached hydrogen (secondary N) is 3. The van der Waals surface area contributed by atoms with Crippen LogP contribution in [-0.2, 0) is 19.1 Å². The molecule has 1 aliphatic rings. The third-order valence-electron chi connectivity index (χ3n) is 6.00. The third kappa shape index (κ3) is 4.16. The van der Waals surface area contributed by atoms with Gasteiger partial charge in [0.1, 0.15) is 5.65 Å². The van der Waals surface area contributed by atoms with Crippen molar-refractivity contribution in [2.75, 3.05) is 22.1 Å². The van der Waals surface area contributed by atoms with Crippen LogP contribution in [0.15, 0.2) is 60.9 Å². The molecule has 4 aromatic rings. The number of urea groups is 1. The molecule has 0 bridgehead atoms. The van der Waals surface area contributed by atoms with E-state index in [-0.39, 0.29) is 5.69 Å². The summed E-state index contributed by atoms with van der Waals surface area (Å²) in [5.41, 5.74) is 3.94. The number of carbonyl (C=O) groups is 1. The number of aromatic nitrogens is 2. The number of aromatic amines is 1. The highest BCUT2D eigenvalue weighted by Gasteiger charge is 2.34. The topological polar surface area (TPSA) is 73.1 Å². The van der Waals surface area contributed by atoms with Gasteiger partial charge in [0, 0.05) is 47.8 Å². The predicted octanol–water partition coefficient (Wildman–Crippen LogP) is 6.10. The summed E-state index contributed by atoms with van der Waals surface area (Å²) in [5, 5.41) is 6.17. The zero-order valence-corrected chi connectivity index (χ0v) is 18.3. The van der Waals surface area contributed by atoms with Gasteiger partial charge in [-0.05, 0) is 60.9 Å². The highest BCUT2D eigenvalue weighted by atomic mass is 19.4. The van der Waals surface area contributed by atoms with E-state index in [1.165, 1.54) is 12.1 Å². The Morgan fingerprint density at radius 2 is 1.94 bits per heavy atom. The van der Waals surface area contributed by atoms with Gasteiger partial charge in [0.2, 0.25) is 0 Å². The van der Waals surface area contributed by atoms with Crippen LogP contribution in [-0.4, -0.2) is 22.5 Å². The molecule has 0 aliphatic carbocycles. The van der Waals surface area contributed by atoms with Crippen LogP contribution >= 0.6 is 0 Å². The largest absolute Gasteiger partial charge is 0.418 e. The Hall–Kier alpha value is -4.01. The Morgan fingerprint density at radius 1 is 1.12 bits per heavy atom. The van der Waals surface area contributed by atoms with E-state index in [4.69, 9.17) is 0 Å². The predicted molar refractivity (Wildman–Crippen MR) is 126 cm³/mol. The maximum Gasteiger partial charge on any atom is 0.418 e. The standard InChI is InChI=1S/C25H22F3N5O/c1-15-7-8-19(25(26,27)28)21(12-15)32-24(34)31-20-5-2-6-22-18(20)9-11-33(22)14-16-13-30-23-17(16)4-3-10-29-23/h2-8,10,12-13H,9,11,14H2,1H3,(H,29,30)(H2,31,32,34). The monoisotopic (exact) mass is 465 g/mol. The normalized spacial score (nSPS) is 13.2. The summed E-state index contributed by atoms with van der Waals surface area (Å²) in [6, 6.07) is 12.4. The Bertz CT molecular complexity index is 1380. The molecule has 2 amide bonds. The molecule has 6 nitrogen and oxygen atoms in total. The molecule has 0 unspecified atom stereocenters. The number of carbonyl (C=O) groups excluding carboxylic acids is 1. The van der Waals surface area contributed by atoms with Crippen LogP contribution in [0.1, 0.15) is 22.3 Å². The Morgan fingerprint density at radius 3 is 2.76 bits per heavy atom. The summed E-state index contributed by atoms with van der Waals surface area (Å²) in [6.45, 7) is 3.11. The summed E-state index contributed by atoms with van der Waals surface area (Å²) in [6.07, 6.45) is -0.163.